The zero-order valence-electron chi connectivity index (χ0n) is 14.4. The van der Waals surface area contributed by atoms with Gasteiger partial charge in [-0.3, -0.25) is 9.48 Å². The first-order valence-corrected chi connectivity index (χ1v) is 8.70. The molecule has 5 heteroatoms. The Morgan fingerprint density at radius 3 is 2.71 bits per heavy atom. The molecule has 5 nitrogen and oxygen atoms in total. The molecule has 1 aliphatic heterocycles. The fourth-order valence-electron chi connectivity index (χ4n) is 3.24. The number of hydrogen-bond donors (Lipinski definition) is 1. The summed E-state index contributed by atoms with van der Waals surface area (Å²) in [5.74, 6) is -0.0392. The van der Waals surface area contributed by atoms with E-state index in [0.717, 1.165) is 30.5 Å². The summed E-state index contributed by atoms with van der Waals surface area (Å²) in [6.45, 7) is 5.22. The van der Waals surface area contributed by atoms with Crippen molar-refractivity contribution >= 4 is 5.91 Å². The predicted octanol–water partition coefficient (Wildman–Crippen LogP) is 3.04. The van der Waals surface area contributed by atoms with E-state index in [9.17, 15) is 9.90 Å². The Bertz CT molecular complexity index is 706. The Kier molecular flexibility index (Phi) is 5.00. The molecule has 3 rings (SSSR count). The third kappa shape index (κ3) is 3.22. The van der Waals surface area contributed by atoms with Crippen LogP contribution in [0.15, 0.2) is 30.3 Å². The molecule has 1 aliphatic rings. The van der Waals surface area contributed by atoms with Gasteiger partial charge in [-0.05, 0) is 19.4 Å². The monoisotopic (exact) mass is 327 g/mol. The van der Waals surface area contributed by atoms with Crippen LogP contribution in [-0.2, 0) is 0 Å². The van der Waals surface area contributed by atoms with Gasteiger partial charge in [0, 0.05) is 18.7 Å². The van der Waals surface area contributed by atoms with E-state index in [-0.39, 0.29) is 18.6 Å². The average molecular weight is 327 g/mol. The molecule has 0 saturated heterocycles. The third-order valence-corrected chi connectivity index (χ3v) is 4.63. The number of aliphatic hydroxyl groups excluding tert-OH is 1. The lowest BCUT2D eigenvalue weighted by Gasteiger charge is -2.33. The van der Waals surface area contributed by atoms with Crippen molar-refractivity contribution in [3.63, 3.8) is 0 Å². The molecule has 1 aromatic heterocycles. The predicted molar refractivity (Wildman–Crippen MR) is 94.0 cm³/mol. The Labute approximate surface area is 142 Å². The summed E-state index contributed by atoms with van der Waals surface area (Å²) in [5.41, 5.74) is 3.70. The van der Waals surface area contributed by atoms with Crippen LogP contribution in [0.1, 0.15) is 48.3 Å². The minimum Gasteiger partial charge on any atom is -0.395 e. The smallest absolute Gasteiger partial charge is 0.272 e. The van der Waals surface area contributed by atoms with Gasteiger partial charge < -0.3 is 10.0 Å². The molecule has 2 aromatic rings. The molecule has 1 amide bonds. The first kappa shape index (κ1) is 16.7. The van der Waals surface area contributed by atoms with Crippen molar-refractivity contribution in [2.24, 2.45) is 0 Å². The van der Waals surface area contributed by atoms with E-state index < -0.39 is 0 Å². The molecular weight excluding hydrogens is 302 g/mol. The fourth-order valence-corrected chi connectivity index (χ4v) is 3.24. The number of amides is 1. The normalized spacial score (nSPS) is 17.2. The number of rotatable bonds is 6. The van der Waals surface area contributed by atoms with Gasteiger partial charge in [-0.15, -0.1) is 0 Å². The molecule has 0 spiro atoms. The summed E-state index contributed by atoms with van der Waals surface area (Å²) in [6, 6.07) is 10.3. The molecule has 0 fully saturated rings. The van der Waals surface area contributed by atoms with Crippen molar-refractivity contribution in [1.29, 1.82) is 0 Å². The van der Waals surface area contributed by atoms with Gasteiger partial charge in [0.05, 0.1) is 18.3 Å². The number of aryl methyl sites for hydroxylation is 1. The van der Waals surface area contributed by atoms with Crippen LogP contribution < -0.4 is 0 Å². The number of nitrogens with zero attached hydrogens (tertiary/aromatic N) is 3. The number of hydrogen-bond acceptors (Lipinski definition) is 3. The van der Waals surface area contributed by atoms with Crippen molar-refractivity contribution in [2.75, 3.05) is 19.7 Å². The summed E-state index contributed by atoms with van der Waals surface area (Å²) >= 11 is 0. The average Bonchev–Trinajstić information content (AvgIpc) is 3.03. The molecule has 1 unspecified atom stereocenters. The molecule has 128 valence electrons. The summed E-state index contributed by atoms with van der Waals surface area (Å²) in [7, 11) is 0. The Hall–Kier alpha value is -2.14. The molecule has 0 aliphatic carbocycles. The number of unbranched alkanes of at least 4 members (excludes halogenated alkanes) is 1. The third-order valence-electron chi connectivity index (χ3n) is 4.63. The lowest BCUT2D eigenvalue weighted by atomic mass is 10.1. The zero-order valence-corrected chi connectivity index (χ0v) is 14.4. The standard InChI is InChI=1S/C19H25N3O2/c1-3-4-5-16-13-21(10-11-23)19(24)18-12-17(20-22(16)18)15-8-6-14(2)7-9-15/h6-9,12,16,23H,3-5,10-11,13H2,1-2H3. The van der Waals surface area contributed by atoms with E-state index in [1.54, 1.807) is 4.90 Å². The van der Waals surface area contributed by atoms with Crippen molar-refractivity contribution in [3.8, 4) is 11.3 Å². The van der Waals surface area contributed by atoms with Gasteiger partial charge in [0.1, 0.15) is 5.69 Å². The minimum atomic E-state index is -0.0392. The number of carbonyl (C=O) groups excluding carboxylic acids is 1. The Morgan fingerprint density at radius 1 is 1.29 bits per heavy atom. The van der Waals surface area contributed by atoms with Gasteiger partial charge in [-0.2, -0.15) is 5.10 Å². The van der Waals surface area contributed by atoms with Gasteiger partial charge in [-0.1, -0.05) is 49.6 Å². The second kappa shape index (κ2) is 7.18. The zero-order chi connectivity index (χ0) is 17.1. The van der Waals surface area contributed by atoms with E-state index in [1.165, 1.54) is 5.56 Å². The van der Waals surface area contributed by atoms with E-state index in [1.807, 2.05) is 22.9 Å². The summed E-state index contributed by atoms with van der Waals surface area (Å²) < 4.78 is 1.90. The molecule has 1 N–H and O–H groups in total. The summed E-state index contributed by atoms with van der Waals surface area (Å²) in [5, 5.41) is 14.0. The minimum absolute atomic E-state index is 0.00874. The van der Waals surface area contributed by atoms with Crippen LogP contribution in [0, 0.1) is 6.92 Å². The lowest BCUT2D eigenvalue weighted by molar-refractivity contribution is 0.0611. The number of carbonyl (C=O) groups is 1. The highest BCUT2D eigenvalue weighted by Crippen LogP contribution is 2.29. The molecule has 2 heterocycles. The van der Waals surface area contributed by atoms with Gasteiger partial charge >= 0.3 is 0 Å². The number of aliphatic hydroxyl groups is 1. The van der Waals surface area contributed by atoms with Crippen molar-refractivity contribution in [1.82, 2.24) is 14.7 Å². The summed E-state index contributed by atoms with van der Waals surface area (Å²) in [4.78, 5) is 14.4. The van der Waals surface area contributed by atoms with Crippen LogP contribution in [0.25, 0.3) is 11.3 Å². The molecule has 1 aromatic carbocycles. The van der Waals surface area contributed by atoms with Gasteiger partial charge in [0.2, 0.25) is 0 Å². The number of β-amino-alcohol motifs (C(OH)–C–C–N with tert-alkyl or cyclic N) is 1. The number of fused-ring (bicyclic) bond motifs is 1. The largest absolute Gasteiger partial charge is 0.395 e. The van der Waals surface area contributed by atoms with Crippen molar-refractivity contribution < 1.29 is 9.90 Å². The first-order chi connectivity index (χ1) is 11.6. The van der Waals surface area contributed by atoms with E-state index in [2.05, 4.69) is 26.0 Å². The van der Waals surface area contributed by atoms with Crippen molar-refractivity contribution in [2.45, 2.75) is 39.2 Å². The van der Waals surface area contributed by atoms with Crippen LogP contribution >= 0.6 is 0 Å². The van der Waals surface area contributed by atoms with Crippen LogP contribution in [-0.4, -0.2) is 45.4 Å². The Morgan fingerprint density at radius 2 is 2.04 bits per heavy atom. The van der Waals surface area contributed by atoms with E-state index in [0.29, 0.717) is 18.8 Å². The second-order valence-corrected chi connectivity index (χ2v) is 6.50. The number of aromatic nitrogens is 2. The van der Waals surface area contributed by atoms with Crippen LogP contribution in [0.5, 0.6) is 0 Å². The highest BCUT2D eigenvalue weighted by Gasteiger charge is 2.32. The molecular formula is C19H25N3O2. The van der Waals surface area contributed by atoms with Gasteiger partial charge in [0.15, 0.2) is 0 Å². The lowest BCUT2D eigenvalue weighted by Crippen LogP contribution is -2.44. The van der Waals surface area contributed by atoms with Gasteiger partial charge in [0.25, 0.3) is 5.91 Å². The first-order valence-electron chi connectivity index (χ1n) is 8.70. The van der Waals surface area contributed by atoms with E-state index >= 15 is 0 Å². The molecule has 0 bridgehead atoms. The fraction of sp³-hybridized carbons (Fsp3) is 0.474. The maximum Gasteiger partial charge on any atom is 0.272 e. The molecule has 0 saturated carbocycles. The van der Waals surface area contributed by atoms with Gasteiger partial charge in [-0.25, -0.2) is 0 Å². The molecule has 24 heavy (non-hydrogen) atoms. The highest BCUT2D eigenvalue weighted by molar-refractivity contribution is 5.94. The maximum absolute atomic E-state index is 12.7. The summed E-state index contributed by atoms with van der Waals surface area (Å²) in [6.07, 6.45) is 3.21. The topological polar surface area (TPSA) is 58.4 Å². The van der Waals surface area contributed by atoms with Crippen LogP contribution in [0.2, 0.25) is 0 Å². The van der Waals surface area contributed by atoms with E-state index in [4.69, 9.17) is 5.10 Å². The number of benzene rings is 1. The molecule has 0 radical (unpaired) electrons. The Balaban J connectivity index is 1.97. The maximum atomic E-state index is 12.7. The quantitative estimate of drug-likeness (QED) is 0.887. The highest BCUT2D eigenvalue weighted by atomic mass is 16.3. The second-order valence-electron chi connectivity index (χ2n) is 6.50. The van der Waals surface area contributed by atoms with Crippen molar-refractivity contribution in [3.05, 3.63) is 41.6 Å². The van der Waals surface area contributed by atoms with Crippen LogP contribution in [0.4, 0.5) is 0 Å². The SMILES string of the molecule is CCCCC1CN(CCO)C(=O)c2cc(-c3ccc(C)cc3)nn21. The molecule has 1 atom stereocenters. The van der Waals surface area contributed by atoms with Crippen LogP contribution in [0.3, 0.4) is 0 Å².